The number of amides is 2. The Morgan fingerprint density at radius 2 is 1.97 bits per heavy atom. The maximum absolute atomic E-state index is 13.4. The van der Waals surface area contributed by atoms with Crippen LogP contribution in [-0.4, -0.2) is 24.1 Å². The van der Waals surface area contributed by atoms with E-state index >= 15 is 0 Å². The summed E-state index contributed by atoms with van der Waals surface area (Å²) in [7, 11) is 0. The van der Waals surface area contributed by atoms with Crippen molar-refractivity contribution in [2.75, 3.05) is 28.2 Å². The molecule has 0 fully saturated rings. The van der Waals surface area contributed by atoms with Crippen LogP contribution in [0, 0.1) is 12.7 Å². The lowest BCUT2D eigenvalue weighted by molar-refractivity contribution is 0.256. The van der Waals surface area contributed by atoms with Crippen LogP contribution in [-0.2, 0) is 6.54 Å². The molecule has 0 saturated carbocycles. The molecule has 4 rings (SSSR count). The van der Waals surface area contributed by atoms with Crippen LogP contribution in [0.5, 0.6) is 0 Å². The van der Waals surface area contributed by atoms with Gasteiger partial charge in [0.25, 0.3) is 0 Å². The van der Waals surface area contributed by atoms with Crippen molar-refractivity contribution in [3.8, 4) is 0 Å². The molecule has 0 atom stereocenters. The van der Waals surface area contributed by atoms with Gasteiger partial charge in [0.05, 0.1) is 10.7 Å². The second-order valence-corrected chi connectivity index (χ2v) is 7.37. The van der Waals surface area contributed by atoms with Gasteiger partial charge in [0, 0.05) is 31.5 Å². The molecule has 0 bridgehead atoms. The fourth-order valence-corrected chi connectivity index (χ4v) is 3.51. The summed E-state index contributed by atoms with van der Waals surface area (Å²) in [5.41, 5.74) is 3.58. The predicted molar refractivity (Wildman–Crippen MR) is 114 cm³/mol. The minimum absolute atomic E-state index is 0.0345. The van der Waals surface area contributed by atoms with Gasteiger partial charge in [-0.25, -0.2) is 14.2 Å². The summed E-state index contributed by atoms with van der Waals surface area (Å²) in [6.45, 7) is 3.93. The number of nitrogens with zero attached hydrogens (tertiary/aromatic N) is 3. The third-order valence-corrected chi connectivity index (χ3v) is 5.15. The van der Waals surface area contributed by atoms with E-state index in [0.29, 0.717) is 25.3 Å². The fourth-order valence-electron chi connectivity index (χ4n) is 3.33. The third kappa shape index (κ3) is 4.17. The standard InChI is InChI=1S/C22H20ClFN4O/c1-15-4-6-16(7-5-15)14-27-11-12-28(20-3-2-10-25-21(20)27)22(29)26-17-8-9-19(24)18(23)13-17/h2-10,13H,11-12,14H2,1H3,(H,26,29). The lowest BCUT2D eigenvalue weighted by Gasteiger charge is -2.36. The Labute approximate surface area is 173 Å². The Kier molecular flexibility index (Phi) is 5.36. The minimum atomic E-state index is -0.524. The molecule has 0 saturated heterocycles. The van der Waals surface area contributed by atoms with Crippen molar-refractivity contribution in [1.82, 2.24) is 4.98 Å². The first-order valence-corrected chi connectivity index (χ1v) is 9.68. The number of urea groups is 1. The summed E-state index contributed by atoms with van der Waals surface area (Å²) in [6.07, 6.45) is 1.72. The highest BCUT2D eigenvalue weighted by atomic mass is 35.5. The number of aromatic nitrogens is 1. The molecule has 148 valence electrons. The normalized spacial score (nSPS) is 13.2. The lowest BCUT2D eigenvalue weighted by atomic mass is 10.1. The molecule has 1 aliphatic heterocycles. The second kappa shape index (κ2) is 8.09. The molecule has 2 heterocycles. The Morgan fingerprint density at radius 3 is 2.72 bits per heavy atom. The molecule has 1 aliphatic rings. The summed E-state index contributed by atoms with van der Waals surface area (Å²) in [5.74, 6) is 0.232. The number of fused-ring (bicyclic) bond motifs is 1. The van der Waals surface area contributed by atoms with Crippen LogP contribution in [0.4, 0.5) is 26.4 Å². The van der Waals surface area contributed by atoms with Crippen molar-refractivity contribution in [3.05, 3.63) is 82.8 Å². The number of anilines is 3. The topological polar surface area (TPSA) is 48.5 Å². The summed E-state index contributed by atoms with van der Waals surface area (Å²) in [4.78, 5) is 21.2. The van der Waals surface area contributed by atoms with Gasteiger partial charge >= 0.3 is 6.03 Å². The number of benzene rings is 2. The number of pyridine rings is 1. The number of rotatable bonds is 3. The fraction of sp³-hybridized carbons (Fsp3) is 0.182. The van der Waals surface area contributed by atoms with Gasteiger partial charge < -0.3 is 10.2 Å². The zero-order valence-electron chi connectivity index (χ0n) is 15.9. The number of hydrogen-bond donors (Lipinski definition) is 1. The van der Waals surface area contributed by atoms with E-state index in [-0.39, 0.29) is 11.1 Å². The van der Waals surface area contributed by atoms with E-state index in [2.05, 4.69) is 46.4 Å². The first-order chi connectivity index (χ1) is 14.0. The Morgan fingerprint density at radius 1 is 1.17 bits per heavy atom. The molecule has 3 aromatic rings. The number of hydrogen-bond acceptors (Lipinski definition) is 3. The minimum Gasteiger partial charge on any atom is -0.349 e. The molecule has 7 heteroatoms. The van der Waals surface area contributed by atoms with Crippen LogP contribution >= 0.6 is 11.6 Å². The molecule has 1 N–H and O–H groups in total. The van der Waals surface area contributed by atoms with Gasteiger partial charge in [-0.3, -0.25) is 4.90 Å². The van der Waals surface area contributed by atoms with Crippen LogP contribution in [0.25, 0.3) is 0 Å². The average molecular weight is 411 g/mol. The smallest absolute Gasteiger partial charge is 0.326 e. The molecule has 0 spiro atoms. The molecular weight excluding hydrogens is 391 g/mol. The monoisotopic (exact) mass is 410 g/mol. The molecule has 29 heavy (non-hydrogen) atoms. The van der Waals surface area contributed by atoms with Crippen molar-refractivity contribution in [1.29, 1.82) is 0 Å². The van der Waals surface area contributed by atoms with E-state index < -0.39 is 5.82 Å². The highest BCUT2D eigenvalue weighted by Gasteiger charge is 2.28. The molecule has 5 nitrogen and oxygen atoms in total. The zero-order valence-corrected chi connectivity index (χ0v) is 16.7. The van der Waals surface area contributed by atoms with E-state index in [4.69, 9.17) is 11.6 Å². The van der Waals surface area contributed by atoms with Gasteiger partial charge in [-0.15, -0.1) is 0 Å². The van der Waals surface area contributed by atoms with Gasteiger partial charge in [0.1, 0.15) is 5.82 Å². The average Bonchev–Trinajstić information content (AvgIpc) is 2.72. The molecule has 1 aromatic heterocycles. The molecule has 2 aromatic carbocycles. The Balaban J connectivity index is 1.55. The van der Waals surface area contributed by atoms with Crippen LogP contribution in [0.2, 0.25) is 5.02 Å². The molecule has 0 aliphatic carbocycles. The Hall–Kier alpha value is -3.12. The van der Waals surface area contributed by atoms with Crippen molar-refractivity contribution in [3.63, 3.8) is 0 Å². The molecule has 0 radical (unpaired) electrons. The molecule has 0 unspecified atom stereocenters. The highest BCUT2D eigenvalue weighted by molar-refractivity contribution is 6.31. The molecular formula is C22H20ClFN4O. The van der Waals surface area contributed by atoms with Crippen molar-refractivity contribution in [2.24, 2.45) is 0 Å². The van der Waals surface area contributed by atoms with E-state index in [9.17, 15) is 9.18 Å². The van der Waals surface area contributed by atoms with Gasteiger partial charge in [-0.05, 0) is 42.8 Å². The van der Waals surface area contributed by atoms with Gasteiger partial charge in [0.2, 0.25) is 0 Å². The second-order valence-electron chi connectivity index (χ2n) is 6.96. The van der Waals surface area contributed by atoms with E-state index in [1.807, 2.05) is 12.1 Å². The van der Waals surface area contributed by atoms with Crippen molar-refractivity contribution in [2.45, 2.75) is 13.5 Å². The van der Waals surface area contributed by atoms with Gasteiger partial charge in [-0.1, -0.05) is 41.4 Å². The number of carbonyl (C=O) groups excluding carboxylic acids is 1. The number of aryl methyl sites for hydroxylation is 1. The van der Waals surface area contributed by atoms with E-state index in [1.54, 1.807) is 11.1 Å². The summed E-state index contributed by atoms with van der Waals surface area (Å²) >= 11 is 5.81. The maximum Gasteiger partial charge on any atom is 0.326 e. The summed E-state index contributed by atoms with van der Waals surface area (Å²) in [5, 5.41) is 2.75. The van der Waals surface area contributed by atoms with E-state index in [1.165, 1.54) is 29.3 Å². The highest BCUT2D eigenvalue weighted by Crippen LogP contribution is 2.32. The van der Waals surface area contributed by atoms with E-state index in [0.717, 1.165) is 11.5 Å². The Bertz CT molecular complexity index is 1040. The van der Waals surface area contributed by atoms with Crippen LogP contribution in [0.1, 0.15) is 11.1 Å². The third-order valence-electron chi connectivity index (χ3n) is 4.86. The lowest BCUT2D eigenvalue weighted by Crippen LogP contribution is -2.46. The summed E-state index contributed by atoms with van der Waals surface area (Å²) < 4.78 is 13.4. The van der Waals surface area contributed by atoms with Crippen molar-refractivity contribution >= 4 is 34.8 Å². The van der Waals surface area contributed by atoms with Crippen molar-refractivity contribution < 1.29 is 9.18 Å². The SMILES string of the molecule is Cc1ccc(CN2CCN(C(=O)Nc3ccc(F)c(Cl)c3)c3cccnc32)cc1. The maximum atomic E-state index is 13.4. The number of nitrogens with one attached hydrogen (secondary N) is 1. The first kappa shape index (κ1) is 19.2. The first-order valence-electron chi connectivity index (χ1n) is 9.30. The largest absolute Gasteiger partial charge is 0.349 e. The number of halogens is 2. The zero-order chi connectivity index (χ0) is 20.4. The predicted octanol–water partition coefficient (Wildman–Crippen LogP) is 5.24. The summed E-state index contributed by atoms with van der Waals surface area (Å²) in [6, 6.07) is 15.9. The van der Waals surface area contributed by atoms with Crippen LogP contribution in [0.3, 0.4) is 0 Å². The van der Waals surface area contributed by atoms with Crippen LogP contribution < -0.4 is 15.1 Å². The van der Waals surface area contributed by atoms with Gasteiger partial charge in [0.15, 0.2) is 5.82 Å². The van der Waals surface area contributed by atoms with Gasteiger partial charge in [-0.2, -0.15) is 0 Å². The number of carbonyl (C=O) groups is 1. The molecule has 2 amide bonds. The quantitative estimate of drug-likeness (QED) is 0.642. The van der Waals surface area contributed by atoms with Crippen LogP contribution in [0.15, 0.2) is 60.8 Å².